The van der Waals surface area contributed by atoms with Crippen molar-refractivity contribution < 1.29 is 14.6 Å². The summed E-state index contributed by atoms with van der Waals surface area (Å²) in [4.78, 5) is 24.5. The molecule has 0 spiro atoms. The number of aliphatic hydroxyl groups excluding tert-OH is 1. The molecule has 3 aromatic heterocycles. The molecule has 0 aliphatic rings. The summed E-state index contributed by atoms with van der Waals surface area (Å²) < 4.78 is 6.38. The van der Waals surface area contributed by atoms with Crippen LogP contribution in [0.1, 0.15) is 21.6 Å². The number of nitrogens with one attached hydrogen (secondary N) is 1. The number of aliphatic imine (C=N–C) groups is 1. The Labute approximate surface area is 172 Å². The third kappa shape index (κ3) is 4.52. The van der Waals surface area contributed by atoms with Crippen molar-refractivity contribution >= 4 is 34.9 Å². The van der Waals surface area contributed by atoms with Gasteiger partial charge in [0.25, 0.3) is 0 Å². The van der Waals surface area contributed by atoms with E-state index in [1.54, 1.807) is 10.7 Å². The van der Waals surface area contributed by atoms with Gasteiger partial charge in [0.05, 0.1) is 43.9 Å². The number of pyridine rings is 1. The highest BCUT2D eigenvalue weighted by molar-refractivity contribution is 6.08. The minimum absolute atomic E-state index is 0.0617. The number of esters is 1. The number of nitrogens with zero attached hydrogens (tertiary/aromatic N) is 5. The van der Waals surface area contributed by atoms with Gasteiger partial charge in [-0.2, -0.15) is 5.10 Å². The number of carbonyl (C=O) groups excluding carboxylic acids is 1. The first kappa shape index (κ1) is 20.7. The molecule has 0 amide bonds. The van der Waals surface area contributed by atoms with E-state index < -0.39 is 5.97 Å². The van der Waals surface area contributed by atoms with Crippen LogP contribution in [0.4, 0.5) is 11.6 Å². The van der Waals surface area contributed by atoms with Gasteiger partial charge in [0, 0.05) is 30.7 Å². The van der Waals surface area contributed by atoms with E-state index in [1.807, 2.05) is 12.1 Å². The summed E-state index contributed by atoms with van der Waals surface area (Å²) >= 11 is 0. The number of fused-ring (bicyclic) bond motifs is 1. The van der Waals surface area contributed by atoms with Gasteiger partial charge < -0.3 is 26.6 Å². The molecule has 0 saturated carbocycles. The van der Waals surface area contributed by atoms with E-state index in [1.165, 1.54) is 31.9 Å². The minimum Gasteiger partial charge on any atom is -0.465 e. The lowest BCUT2D eigenvalue weighted by atomic mass is 10.2. The van der Waals surface area contributed by atoms with Crippen LogP contribution in [0.2, 0.25) is 0 Å². The van der Waals surface area contributed by atoms with E-state index in [0.29, 0.717) is 34.7 Å². The van der Waals surface area contributed by atoms with Crippen LogP contribution in [-0.4, -0.2) is 57.1 Å². The first-order chi connectivity index (χ1) is 14.6. The molecule has 0 unspecified atom stereocenters. The average Bonchev–Trinajstić information content (AvgIpc) is 3.19. The number of hydrogen-bond donors (Lipinski definition) is 4. The normalized spacial score (nSPS) is 11.9. The smallest absolute Gasteiger partial charge is 0.341 e. The molecule has 3 heterocycles. The lowest BCUT2D eigenvalue weighted by Gasteiger charge is -2.10. The summed E-state index contributed by atoms with van der Waals surface area (Å²) in [6.07, 6.45) is 7.57. The summed E-state index contributed by atoms with van der Waals surface area (Å²) in [6.45, 7) is 0.578. The number of hydrogen-bond acceptors (Lipinski definition) is 10. The first-order valence-electron chi connectivity index (χ1n) is 9.01. The monoisotopic (exact) mass is 410 g/mol. The predicted molar refractivity (Wildman–Crippen MR) is 113 cm³/mol. The Balaban J connectivity index is 1.81. The van der Waals surface area contributed by atoms with E-state index in [0.717, 1.165) is 5.56 Å². The van der Waals surface area contributed by atoms with Gasteiger partial charge in [-0.05, 0) is 17.7 Å². The van der Waals surface area contributed by atoms with E-state index in [2.05, 4.69) is 25.4 Å². The average molecular weight is 410 g/mol. The Morgan fingerprint density at radius 3 is 3.00 bits per heavy atom. The first-order valence-corrected chi connectivity index (χ1v) is 9.01. The van der Waals surface area contributed by atoms with Gasteiger partial charge in [-0.25, -0.2) is 19.3 Å². The number of methoxy groups -OCH3 is 1. The number of aromatic nitrogens is 4. The molecule has 0 bridgehead atoms. The highest BCUT2D eigenvalue weighted by atomic mass is 16.5. The second kappa shape index (κ2) is 9.47. The van der Waals surface area contributed by atoms with Crippen LogP contribution in [0, 0.1) is 0 Å². The van der Waals surface area contributed by atoms with Crippen molar-refractivity contribution in [3.8, 4) is 0 Å². The zero-order chi connectivity index (χ0) is 21.5. The summed E-state index contributed by atoms with van der Waals surface area (Å²) in [5.74, 6) is 0.147. The molecule has 11 heteroatoms. The van der Waals surface area contributed by atoms with Gasteiger partial charge in [-0.1, -0.05) is 0 Å². The number of nitrogens with two attached hydrogens (primary N) is 2. The van der Waals surface area contributed by atoms with Crippen molar-refractivity contribution in [2.75, 3.05) is 31.3 Å². The molecule has 156 valence electrons. The molecule has 0 aromatic carbocycles. The van der Waals surface area contributed by atoms with Crippen LogP contribution in [0.25, 0.3) is 11.1 Å². The molecule has 0 atom stereocenters. The van der Waals surface area contributed by atoms with Gasteiger partial charge >= 0.3 is 5.97 Å². The maximum atomic E-state index is 11.9. The molecule has 0 aliphatic heterocycles. The summed E-state index contributed by atoms with van der Waals surface area (Å²) in [7, 11) is 1.32. The Bertz CT molecular complexity index is 1110. The van der Waals surface area contributed by atoms with Crippen molar-refractivity contribution in [2.45, 2.75) is 6.54 Å². The zero-order valence-corrected chi connectivity index (χ0v) is 16.3. The lowest BCUT2D eigenvalue weighted by molar-refractivity contribution is 0.0603. The van der Waals surface area contributed by atoms with Crippen LogP contribution in [0.15, 0.2) is 41.9 Å². The van der Waals surface area contributed by atoms with Crippen molar-refractivity contribution in [3.05, 3.63) is 53.7 Å². The zero-order valence-electron chi connectivity index (χ0n) is 16.3. The molecule has 3 rings (SSSR count). The molecule has 6 N–H and O–H groups in total. The molecule has 0 aliphatic carbocycles. The third-order valence-corrected chi connectivity index (χ3v) is 4.19. The molecule has 30 heavy (non-hydrogen) atoms. The van der Waals surface area contributed by atoms with Crippen molar-refractivity contribution in [1.82, 2.24) is 19.6 Å². The number of carbonyl (C=O) groups is 1. The number of anilines is 2. The SMILES string of the molecule is COC(=O)c1cnn2ccc(CNc3nc(C(C=NCCO)=CN)cnc3N)cc12. The third-order valence-electron chi connectivity index (χ3n) is 4.19. The lowest BCUT2D eigenvalue weighted by Crippen LogP contribution is -2.09. The van der Waals surface area contributed by atoms with Gasteiger partial charge in [-0.15, -0.1) is 0 Å². The molecular weight excluding hydrogens is 388 g/mol. The fourth-order valence-corrected chi connectivity index (χ4v) is 2.67. The quantitative estimate of drug-likeness (QED) is 0.305. The Morgan fingerprint density at radius 1 is 1.43 bits per heavy atom. The van der Waals surface area contributed by atoms with Gasteiger partial charge in [0.2, 0.25) is 0 Å². The van der Waals surface area contributed by atoms with Crippen molar-refractivity contribution in [3.63, 3.8) is 0 Å². The second-order valence-electron chi connectivity index (χ2n) is 6.14. The van der Waals surface area contributed by atoms with Crippen LogP contribution >= 0.6 is 0 Å². The maximum absolute atomic E-state index is 11.9. The van der Waals surface area contributed by atoms with Gasteiger partial charge in [0.1, 0.15) is 5.56 Å². The largest absolute Gasteiger partial charge is 0.465 e. The maximum Gasteiger partial charge on any atom is 0.341 e. The highest BCUT2D eigenvalue weighted by Gasteiger charge is 2.13. The van der Waals surface area contributed by atoms with Gasteiger partial charge in [-0.3, -0.25) is 4.99 Å². The van der Waals surface area contributed by atoms with Crippen molar-refractivity contribution in [1.29, 1.82) is 0 Å². The number of allylic oxidation sites excluding steroid dienone is 1. The Hall–Kier alpha value is -3.99. The van der Waals surface area contributed by atoms with E-state index in [-0.39, 0.29) is 19.0 Å². The molecule has 0 saturated heterocycles. The van der Waals surface area contributed by atoms with Crippen LogP contribution < -0.4 is 16.8 Å². The van der Waals surface area contributed by atoms with E-state index >= 15 is 0 Å². The number of ether oxygens (including phenoxy) is 1. The molecule has 3 aromatic rings. The van der Waals surface area contributed by atoms with Crippen LogP contribution in [-0.2, 0) is 11.3 Å². The van der Waals surface area contributed by atoms with Crippen molar-refractivity contribution in [2.24, 2.45) is 10.7 Å². The fraction of sp³-hybridized carbons (Fsp3) is 0.211. The number of aliphatic hydroxyl groups is 1. The standard InChI is InChI=1S/C19H22N8O3/c1-30-19(29)14-10-25-27-4-2-12(6-16(14)27)8-24-18-17(21)23-11-15(26-18)13(7-20)9-22-3-5-28/h2,4,6-7,9-11,28H,3,5,8,20H2,1H3,(H2,21,23)(H,24,26). The van der Waals surface area contributed by atoms with Gasteiger partial charge in [0.15, 0.2) is 11.6 Å². The molecular formula is C19H22N8O3. The second-order valence-corrected chi connectivity index (χ2v) is 6.14. The highest BCUT2D eigenvalue weighted by Crippen LogP contribution is 2.19. The minimum atomic E-state index is -0.457. The van der Waals surface area contributed by atoms with Crippen LogP contribution in [0.5, 0.6) is 0 Å². The number of nitrogen functional groups attached to an aromatic ring is 1. The van der Waals surface area contributed by atoms with E-state index in [4.69, 9.17) is 21.3 Å². The Morgan fingerprint density at radius 2 is 2.27 bits per heavy atom. The molecule has 0 fully saturated rings. The topological polar surface area (TPSA) is 166 Å². The summed E-state index contributed by atoms with van der Waals surface area (Å²) in [6, 6.07) is 3.68. The fourth-order valence-electron chi connectivity index (χ4n) is 2.67. The Kier molecular flexibility index (Phi) is 6.55. The summed E-state index contributed by atoms with van der Waals surface area (Å²) in [5, 5.41) is 16.1. The molecule has 11 nitrogen and oxygen atoms in total. The molecule has 0 radical (unpaired) electrons. The predicted octanol–water partition coefficient (Wildman–Crippen LogP) is 0.468. The van der Waals surface area contributed by atoms with E-state index in [9.17, 15) is 4.79 Å². The summed E-state index contributed by atoms with van der Waals surface area (Å²) in [5.41, 5.74) is 14.5. The van der Waals surface area contributed by atoms with Crippen LogP contribution in [0.3, 0.4) is 0 Å². The number of rotatable bonds is 8.